The Balaban J connectivity index is 0.00000131. The molecule has 1 fully saturated rings. The second-order valence-corrected chi connectivity index (χ2v) is 6.53. The zero-order valence-corrected chi connectivity index (χ0v) is 16.6. The minimum absolute atomic E-state index is 0. The predicted octanol–water partition coefficient (Wildman–Crippen LogP) is 3.26. The number of piperazine rings is 1. The number of Topliss-reactive ketones (excluding diaryl/α,β-unsaturated/α-hetero) is 1. The smallest absolute Gasteiger partial charge is 0.231 e. The number of nitrogens with zero attached hydrogens (tertiary/aromatic N) is 2. The molecule has 2 heterocycles. The zero-order valence-electron chi connectivity index (χ0n) is 15.0. The Kier molecular flexibility index (Phi) is 7.92. The van der Waals surface area contributed by atoms with E-state index in [0.29, 0.717) is 13.3 Å². The first kappa shape index (κ1) is 21.5. The highest BCUT2D eigenvalue weighted by Crippen LogP contribution is 2.32. The number of carbonyl (C=O) groups is 1. The van der Waals surface area contributed by atoms with Crippen molar-refractivity contribution in [2.24, 2.45) is 0 Å². The molecule has 0 N–H and O–H groups in total. The van der Waals surface area contributed by atoms with Crippen LogP contribution in [0.3, 0.4) is 0 Å². The van der Waals surface area contributed by atoms with Crippen molar-refractivity contribution in [3.8, 4) is 11.5 Å². The van der Waals surface area contributed by atoms with Gasteiger partial charge in [0.15, 0.2) is 17.3 Å². The van der Waals surface area contributed by atoms with Crippen molar-refractivity contribution >= 4 is 30.6 Å². The number of hydrogen-bond donors (Lipinski definition) is 0. The van der Waals surface area contributed by atoms with E-state index in [1.807, 2.05) is 36.4 Å². The van der Waals surface area contributed by atoms with Gasteiger partial charge >= 0.3 is 0 Å². The molecule has 2 aromatic carbocycles. The van der Waals surface area contributed by atoms with Gasteiger partial charge in [0, 0.05) is 38.3 Å². The highest BCUT2D eigenvalue weighted by molar-refractivity contribution is 5.97. The van der Waals surface area contributed by atoms with Crippen LogP contribution in [0.4, 0.5) is 0 Å². The second kappa shape index (κ2) is 9.95. The van der Waals surface area contributed by atoms with Crippen LogP contribution in [0.5, 0.6) is 11.5 Å². The van der Waals surface area contributed by atoms with Crippen LogP contribution >= 0.6 is 24.8 Å². The molecule has 2 aliphatic rings. The van der Waals surface area contributed by atoms with Gasteiger partial charge in [0.2, 0.25) is 6.79 Å². The lowest BCUT2D eigenvalue weighted by atomic mass is 10.1. The van der Waals surface area contributed by atoms with Gasteiger partial charge in [-0.3, -0.25) is 14.6 Å². The van der Waals surface area contributed by atoms with Crippen molar-refractivity contribution < 1.29 is 14.3 Å². The summed E-state index contributed by atoms with van der Waals surface area (Å²) in [6.07, 6.45) is 0. The normalized spacial score (nSPS) is 16.3. The standard InChI is InChI=1S/C20H22N2O3.2ClH/c23-18(17-4-2-1-3-5-17)14-22-10-8-21(9-11-22)13-16-6-7-19-20(12-16)25-15-24-19;;/h1-7,12H,8-11,13-15H2;2*1H. The van der Waals surface area contributed by atoms with Gasteiger partial charge in [-0.05, 0) is 17.7 Å². The molecule has 0 unspecified atom stereocenters. The molecule has 1 saturated heterocycles. The summed E-state index contributed by atoms with van der Waals surface area (Å²) in [5.74, 6) is 1.86. The number of hydrogen-bond acceptors (Lipinski definition) is 5. The van der Waals surface area contributed by atoms with E-state index in [1.165, 1.54) is 5.56 Å². The number of ether oxygens (including phenoxy) is 2. The summed E-state index contributed by atoms with van der Waals surface area (Å²) in [5, 5.41) is 0. The average Bonchev–Trinajstić information content (AvgIpc) is 3.12. The van der Waals surface area contributed by atoms with E-state index in [9.17, 15) is 4.79 Å². The molecule has 2 aromatic rings. The molecule has 0 spiro atoms. The SMILES string of the molecule is Cl.Cl.O=C(CN1CCN(Cc2ccc3c(c2)OCO3)CC1)c1ccccc1. The number of ketones is 1. The maximum absolute atomic E-state index is 12.3. The van der Waals surface area contributed by atoms with E-state index in [4.69, 9.17) is 9.47 Å². The first-order valence-corrected chi connectivity index (χ1v) is 8.69. The summed E-state index contributed by atoms with van der Waals surface area (Å²) >= 11 is 0. The predicted molar refractivity (Wildman–Crippen MR) is 110 cm³/mol. The van der Waals surface area contributed by atoms with Crippen molar-refractivity contribution in [2.75, 3.05) is 39.5 Å². The molecule has 0 aromatic heterocycles. The Labute approximate surface area is 172 Å². The Morgan fingerprint density at radius 1 is 0.852 bits per heavy atom. The van der Waals surface area contributed by atoms with Gasteiger partial charge in [-0.15, -0.1) is 24.8 Å². The zero-order chi connectivity index (χ0) is 17.1. The van der Waals surface area contributed by atoms with Gasteiger partial charge in [0.25, 0.3) is 0 Å². The molecule has 0 atom stereocenters. The maximum atomic E-state index is 12.3. The molecule has 5 nitrogen and oxygen atoms in total. The molecule has 2 aliphatic heterocycles. The fourth-order valence-electron chi connectivity index (χ4n) is 3.32. The molecule has 146 valence electrons. The van der Waals surface area contributed by atoms with Crippen LogP contribution in [-0.4, -0.2) is 55.1 Å². The van der Waals surface area contributed by atoms with Crippen LogP contribution in [0, 0.1) is 0 Å². The molecular formula is C20H24Cl2N2O3. The third kappa shape index (κ3) is 5.36. The molecule has 0 radical (unpaired) electrons. The van der Waals surface area contributed by atoms with E-state index in [2.05, 4.69) is 21.9 Å². The molecule has 4 rings (SSSR count). The van der Waals surface area contributed by atoms with Crippen molar-refractivity contribution in [3.05, 3.63) is 59.7 Å². The summed E-state index contributed by atoms with van der Waals surface area (Å²) in [5.41, 5.74) is 2.03. The Hall–Kier alpha value is -1.79. The fourth-order valence-corrected chi connectivity index (χ4v) is 3.32. The maximum Gasteiger partial charge on any atom is 0.231 e. The van der Waals surface area contributed by atoms with Gasteiger partial charge in [-0.1, -0.05) is 36.4 Å². The second-order valence-electron chi connectivity index (χ2n) is 6.53. The number of benzene rings is 2. The summed E-state index contributed by atoms with van der Waals surface area (Å²) in [4.78, 5) is 17.0. The van der Waals surface area contributed by atoms with E-state index < -0.39 is 0 Å². The molecule has 7 heteroatoms. The largest absolute Gasteiger partial charge is 0.454 e. The van der Waals surface area contributed by atoms with Gasteiger partial charge in [0.1, 0.15) is 0 Å². The van der Waals surface area contributed by atoms with Crippen molar-refractivity contribution in [3.63, 3.8) is 0 Å². The van der Waals surface area contributed by atoms with Gasteiger partial charge in [-0.2, -0.15) is 0 Å². The Morgan fingerprint density at radius 3 is 2.26 bits per heavy atom. The van der Waals surface area contributed by atoms with Crippen molar-refractivity contribution in [1.29, 1.82) is 0 Å². The lowest BCUT2D eigenvalue weighted by Crippen LogP contribution is -2.47. The lowest BCUT2D eigenvalue weighted by Gasteiger charge is -2.34. The number of halogens is 2. The van der Waals surface area contributed by atoms with Crippen LogP contribution in [0.1, 0.15) is 15.9 Å². The minimum Gasteiger partial charge on any atom is -0.454 e. The molecule has 0 amide bonds. The third-order valence-electron chi connectivity index (χ3n) is 4.77. The third-order valence-corrected chi connectivity index (χ3v) is 4.77. The van der Waals surface area contributed by atoms with Gasteiger partial charge in [0.05, 0.1) is 6.54 Å². The van der Waals surface area contributed by atoms with Crippen LogP contribution in [-0.2, 0) is 6.54 Å². The van der Waals surface area contributed by atoms with Crippen molar-refractivity contribution in [2.45, 2.75) is 6.54 Å². The Morgan fingerprint density at radius 2 is 1.52 bits per heavy atom. The highest BCUT2D eigenvalue weighted by atomic mass is 35.5. The van der Waals surface area contributed by atoms with E-state index in [0.717, 1.165) is 49.8 Å². The summed E-state index contributed by atoms with van der Waals surface area (Å²) < 4.78 is 10.8. The molecule has 27 heavy (non-hydrogen) atoms. The van der Waals surface area contributed by atoms with Crippen LogP contribution in [0.25, 0.3) is 0 Å². The van der Waals surface area contributed by atoms with Gasteiger partial charge < -0.3 is 9.47 Å². The number of rotatable bonds is 5. The van der Waals surface area contributed by atoms with Gasteiger partial charge in [-0.25, -0.2) is 0 Å². The quantitative estimate of drug-likeness (QED) is 0.707. The molecular weight excluding hydrogens is 387 g/mol. The number of fused-ring (bicyclic) bond motifs is 1. The molecule has 0 bridgehead atoms. The van der Waals surface area contributed by atoms with E-state index in [1.54, 1.807) is 0 Å². The van der Waals surface area contributed by atoms with Crippen LogP contribution in [0.15, 0.2) is 48.5 Å². The summed E-state index contributed by atoms with van der Waals surface area (Å²) in [7, 11) is 0. The summed E-state index contributed by atoms with van der Waals surface area (Å²) in [6, 6.07) is 15.7. The summed E-state index contributed by atoms with van der Waals surface area (Å²) in [6.45, 7) is 5.49. The average molecular weight is 411 g/mol. The molecule has 0 saturated carbocycles. The van der Waals surface area contributed by atoms with Crippen LogP contribution < -0.4 is 9.47 Å². The highest BCUT2D eigenvalue weighted by Gasteiger charge is 2.20. The van der Waals surface area contributed by atoms with Crippen molar-refractivity contribution in [1.82, 2.24) is 9.80 Å². The minimum atomic E-state index is 0. The topological polar surface area (TPSA) is 42.0 Å². The Bertz CT molecular complexity index is 750. The van der Waals surface area contributed by atoms with E-state index in [-0.39, 0.29) is 30.6 Å². The first-order valence-electron chi connectivity index (χ1n) is 8.69. The fraction of sp³-hybridized carbons (Fsp3) is 0.350. The lowest BCUT2D eigenvalue weighted by molar-refractivity contribution is 0.0843. The molecule has 0 aliphatic carbocycles. The number of carbonyl (C=O) groups excluding carboxylic acids is 1. The van der Waals surface area contributed by atoms with Crippen LogP contribution in [0.2, 0.25) is 0 Å². The monoisotopic (exact) mass is 410 g/mol. The van der Waals surface area contributed by atoms with E-state index >= 15 is 0 Å². The first-order chi connectivity index (χ1) is 12.3.